The van der Waals surface area contributed by atoms with E-state index in [1.54, 1.807) is 18.2 Å². The van der Waals surface area contributed by atoms with Crippen LogP contribution in [0.1, 0.15) is 23.1 Å². The second kappa shape index (κ2) is 6.95. The molecular weight excluding hydrogens is 336 g/mol. The monoisotopic (exact) mass is 347 g/mol. The van der Waals surface area contributed by atoms with E-state index in [4.69, 9.17) is 40.5 Å². The van der Waals surface area contributed by atoms with Gasteiger partial charge in [0.2, 0.25) is 0 Å². The van der Waals surface area contributed by atoms with Crippen LogP contribution in [0.5, 0.6) is 0 Å². The molecule has 0 aliphatic heterocycles. The van der Waals surface area contributed by atoms with Crippen molar-refractivity contribution >= 4 is 34.8 Å². The summed E-state index contributed by atoms with van der Waals surface area (Å²) in [6.07, 6.45) is -1.13. The fraction of sp³-hybridized carbons (Fsp3) is 0.200. The summed E-state index contributed by atoms with van der Waals surface area (Å²) in [5, 5.41) is 11.5. The first kappa shape index (κ1) is 16.5. The van der Waals surface area contributed by atoms with Crippen molar-refractivity contribution in [3.8, 4) is 0 Å². The van der Waals surface area contributed by atoms with Gasteiger partial charge in [-0.1, -0.05) is 40.9 Å². The van der Waals surface area contributed by atoms with Gasteiger partial charge in [-0.05, 0) is 35.9 Å². The zero-order valence-electron chi connectivity index (χ0n) is 10.9. The van der Waals surface area contributed by atoms with E-state index in [1.807, 2.05) is 0 Å². The van der Waals surface area contributed by atoms with Gasteiger partial charge in [0.1, 0.15) is 5.82 Å². The molecule has 2 nitrogen and oxygen atoms in total. The predicted octanol–water partition coefficient (Wildman–Crippen LogP) is 4.56. The molecule has 6 heteroatoms. The minimum atomic E-state index is -1.13. The van der Waals surface area contributed by atoms with Crippen molar-refractivity contribution in [3.63, 3.8) is 0 Å². The van der Waals surface area contributed by atoms with Crippen LogP contribution < -0.4 is 5.73 Å². The number of aliphatic hydroxyl groups is 1. The second-order valence-corrected chi connectivity index (χ2v) is 5.88. The van der Waals surface area contributed by atoms with Crippen LogP contribution in [0.25, 0.3) is 0 Å². The number of rotatable bonds is 4. The van der Waals surface area contributed by atoms with Crippen molar-refractivity contribution in [2.24, 2.45) is 5.73 Å². The van der Waals surface area contributed by atoms with Gasteiger partial charge in [-0.3, -0.25) is 0 Å². The van der Waals surface area contributed by atoms with E-state index in [1.165, 1.54) is 18.2 Å². The Kier molecular flexibility index (Phi) is 5.47. The molecule has 0 aliphatic rings. The molecule has 2 aromatic carbocycles. The van der Waals surface area contributed by atoms with Crippen molar-refractivity contribution in [3.05, 3.63) is 68.4 Å². The number of hydrogen-bond donors (Lipinski definition) is 2. The van der Waals surface area contributed by atoms with Crippen molar-refractivity contribution < 1.29 is 9.50 Å². The lowest BCUT2D eigenvalue weighted by Crippen LogP contribution is -2.21. The number of hydrogen-bond acceptors (Lipinski definition) is 2. The maximum atomic E-state index is 13.9. The Bertz CT molecular complexity index is 651. The number of nitrogens with two attached hydrogens (primary N) is 1. The van der Waals surface area contributed by atoms with Crippen molar-refractivity contribution in [2.45, 2.75) is 12.0 Å². The molecule has 2 rings (SSSR count). The second-order valence-electron chi connectivity index (χ2n) is 4.63. The lowest BCUT2D eigenvalue weighted by Gasteiger charge is -2.23. The predicted molar refractivity (Wildman–Crippen MR) is 84.6 cm³/mol. The number of halogens is 4. The molecule has 0 saturated heterocycles. The molecule has 0 amide bonds. The van der Waals surface area contributed by atoms with Crippen molar-refractivity contribution in [1.29, 1.82) is 0 Å². The Morgan fingerprint density at radius 2 is 1.76 bits per heavy atom. The first-order valence-electron chi connectivity index (χ1n) is 6.22. The molecule has 3 N–H and O–H groups in total. The zero-order valence-corrected chi connectivity index (χ0v) is 13.1. The molecule has 0 fully saturated rings. The Morgan fingerprint density at radius 3 is 2.38 bits per heavy atom. The molecule has 2 unspecified atom stereocenters. The van der Waals surface area contributed by atoms with Crippen molar-refractivity contribution in [2.75, 3.05) is 6.54 Å². The van der Waals surface area contributed by atoms with Crippen LogP contribution in [0, 0.1) is 5.82 Å². The van der Waals surface area contributed by atoms with Gasteiger partial charge in [-0.25, -0.2) is 4.39 Å². The van der Waals surface area contributed by atoms with Gasteiger partial charge < -0.3 is 10.8 Å². The van der Waals surface area contributed by atoms with Gasteiger partial charge in [-0.15, -0.1) is 0 Å². The van der Waals surface area contributed by atoms with Crippen LogP contribution in [0.15, 0.2) is 36.4 Å². The summed E-state index contributed by atoms with van der Waals surface area (Å²) < 4.78 is 13.9. The molecule has 0 heterocycles. The Hall–Kier alpha value is -0.840. The van der Waals surface area contributed by atoms with Crippen LogP contribution in [0.2, 0.25) is 15.1 Å². The van der Waals surface area contributed by atoms with E-state index < -0.39 is 17.8 Å². The van der Waals surface area contributed by atoms with E-state index in [2.05, 4.69) is 0 Å². The highest BCUT2D eigenvalue weighted by molar-refractivity contribution is 6.42. The highest BCUT2D eigenvalue weighted by Crippen LogP contribution is 2.35. The molecule has 0 aliphatic carbocycles. The molecule has 0 spiro atoms. The molecule has 0 bridgehead atoms. The van der Waals surface area contributed by atoms with Crippen LogP contribution in [-0.2, 0) is 0 Å². The maximum absolute atomic E-state index is 13.9. The van der Waals surface area contributed by atoms with Gasteiger partial charge in [0.15, 0.2) is 0 Å². The first-order chi connectivity index (χ1) is 9.93. The van der Waals surface area contributed by atoms with Gasteiger partial charge in [0.25, 0.3) is 0 Å². The summed E-state index contributed by atoms with van der Waals surface area (Å²) in [6, 6.07) is 8.96. The fourth-order valence-electron chi connectivity index (χ4n) is 2.15. The molecule has 21 heavy (non-hydrogen) atoms. The average molecular weight is 349 g/mol. The smallest absolute Gasteiger partial charge is 0.129 e. The lowest BCUT2D eigenvalue weighted by atomic mass is 9.89. The van der Waals surface area contributed by atoms with Crippen LogP contribution in [0.3, 0.4) is 0 Å². The molecular formula is C15H13Cl3FNO. The summed E-state index contributed by atoms with van der Waals surface area (Å²) in [7, 11) is 0. The summed E-state index contributed by atoms with van der Waals surface area (Å²) in [5.41, 5.74) is 6.51. The first-order valence-corrected chi connectivity index (χ1v) is 7.35. The van der Waals surface area contributed by atoms with E-state index >= 15 is 0 Å². The van der Waals surface area contributed by atoms with E-state index in [0.717, 1.165) is 0 Å². The molecule has 0 aromatic heterocycles. The van der Waals surface area contributed by atoms with Crippen LogP contribution in [-0.4, -0.2) is 11.7 Å². The van der Waals surface area contributed by atoms with Crippen molar-refractivity contribution in [1.82, 2.24) is 0 Å². The standard InChI is InChI=1S/C15H13Cl3FNO/c16-9-2-4-14(19)10(6-9)15(21)11(7-20)8-1-3-12(17)13(18)5-8/h1-6,11,15,21H,7,20H2. The third-order valence-corrected chi connectivity index (χ3v) is 4.26. The quantitative estimate of drug-likeness (QED) is 0.850. The Labute approximate surface area is 137 Å². The summed E-state index contributed by atoms with van der Waals surface area (Å²) in [5.74, 6) is -1.06. The van der Waals surface area contributed by atoms with Crippen LogP contribution >= 0.6 is 34.8 Å². The van der Waals surface area contributed by atoms with Gasteiger partial charge in [0, 0.05) is 23.0 Å². The molecule has 2 atom stereocenters. The SMILES string of the molecule is NCC(c1ccc(Cl)c(Cl)c1)C(O)c1cc(Cl)ccc1F. The largest absolute Gasteiger partial charge is 0.388 e. The minimum Gasteiger partial charge on any atom is -0.388 e. The average Bonchev–Trinajstić information content (AvgIpc) is 2.46. The third-order valence-electron chi connectivity index (χ3n) is 3.28. The molecule has 2 aromatic rings. The number of benzene rings is 2. The highest BCUT2D eigenvalue weighted by atomic mass is 35.5. The third kappa shape index (κ3) is 3.68. The van der Waals surface area contributed by atoms with E-state index in [0.29, 0.717) is 20.6 Å². The van der Waals surface area contributed by atoms with Gasteiger partial charge in [0.05, 0.1) is 16.1 Å². The Morgan fingerprint density at radius 1 is 1.05 bits per heavy atom. The van der Waals surface area contributed by atoms with Gasteiger partial charge in [-0.2, -0.15) is 0 Å². The lowest BCUT2D eigenvalue weighted by molar-refractivity contribution is 0.143. The highest BCUT2D eigenvalue weighted by Gasteiger charge is 2.25. The zero-order chi connectivity index (χ0) is 15.6. The summed E-state index contributed by atoms with van der Waals surface area (Å²) in [4.78, 5) is 0. The topological polar surface area (TPSA) is 46.2 Å². The normalized spacial score (nSPS) is 14.0. The molecule has 112 valence electrons. The number of aliphatic hydroxyl groups excluding tert-OH is 1. The molecule has 0 saturated carbocycles. The summed E-state index contributed by atoms with van der Waals surface area (Å²) >= 11 is 17.7. The van der Waals surface area contributed by atoms with E-state index in [9.17, 15) is 9.50 Å². The molecule has 0 radical (unpaired) electrons. The van der Waals surface area contributed by atoms with Crippen LogP contribution in [0.4, 0.5) is 4.39 Å². The fourth-order valence-corrected chi connectivity index (χ4v) is 2.64. The van der Waals surface area contributed by atoms with Gasteiger partial charge >= 0.3 is 0 Å². The summed E-state index contributed by atoms with van der Waals surface area (Å²) in [6.45, 7) is 0.116. The van der Waals surface area contributed by atoms with E-state index in [-0.39, 0.29) is 12.1 Å². The Balaban J connectivity index is 2.40. The maximum Gasteiger partial charge on any atom is 0.129 e. The minimum absolute atomic E-state index is 0.101.